The highest BCUT2D eigenvalue weighted by Gasteiger charge is 2.12. The molecule has 2 aromatic rings. The summed E-state index contributed by atoms with van der Waals surface area (Å²) in [7, 11) is 1.76. The molecule has 6 heteroatoms. The minimum absolute atomic E-state index is 0.160. The van der Waals surface area contributed by atoms with E-state index in [1.807, 2.05) is 0 Å². The van der Waals surface area contributed by atoms with Crippen LogP contribution in [0, 0.1) is 0 Å². The van der Waals surface area contributed by atoms with Gasteiger partial charge in [0.05, 0.1) is 5.39 Å². The highest BCUT2D eigenvalue weighted by atomic mass is 35.5. The van der Waals surface area contributed by atoms with E-state index >= 15 is 0 Å². The van der Waals surface area contributed by atoms with Crippen LogP contribution in [0.2, 0.25) is 5.15 Å². The van der Waals surface area contributed by atoms with Crippen LogP contribution in [0.5, 0.6) is 0 Å². The number of rotatable bonds is 1. The number of aromatic nitrogens is 3. The zero-order valence-corrected chi connectivity index (χ0v) is 7.99. The zero-order chi connectivity index (χ0) is 10.3. The van der Waals surface area contributed by atoms with Gasteiger partial charge >= 0.3 is 5.97 Å². The van der Waals surface area contributed by atoms with Crippen LogP contribution in [0.4, 0.5) is 0 Å². The van der Waals surface area contributed by atoms with E-state index in [-0.39, 0.29) is 11.0 Å². The van der Waals surface area contributed by atoms with E-state index in [1.165, 1.54) is 0 Å². The van der Waals surface area contributed by atoms with E-state index in [2.05, 4.69) is 9.97 Å². The smallest absolute Gasteiger partial charge is 0.374 e. The average Bonchev–Trinajstić information content (AvgIpc) is 2.48. The predicted octanol–water partition coefficient (Wildman–Crippen LogP) is 1.32. The summed E-state index contributed by atoms with van der Waals surface area (Å²) in [6, 6.07) is 1.74. The Balaban J connectivity index is 2.82. The molecule has 0 atom stereocenters. The second-order valence-electron chi connectivity index (χ2n) is 2.81. The van der Waals surface area contributed by atoms with Gasteiger partial charge < -0.3 is 9.67 Å². The third-order valence-electron chi connectivity index (χ3n) is 1.87. The van der Waals surface area contributed by atoms with Crippen molar-refractivity contribution in [1.82, 2.24) is 14.5 Å². The molecule has 0 radical (unpaired) electrons. The molecule has 0 unspecified atom stereocenters. The van der Waals surface area contributed by atoms with Gasteiger partial charge in [0.2, 0.25) is 5.82 Å². The number of aryl methyl sites for hydroxylation is 1. The van der Waals surface area contributed by atoms with Crippen LogP contribution < -0.4 is 0 Å². The standard InChI is InChI=1S/C8H6ClN3O2/c1-12-3-2-4-5(9)10-6(8(13)14)11-7(4)12/h2-3H,1H3,(H,13,14). The topological polar surface area (TPSA) is 68.0 Å². The summed E-state index contributed by atoms with van der Waals surface area (Å²) in [5, 5.41) is 9.52. The Morgan fingerprint density at radius 3 is 2.93 bits per heavy atom. The lowest BCUT2D eigenvalue weighted by Crippen LogP contribution is -2.05. The normalized spacial score (nSPS) is 10.7. The van der Waals surface area contributed by atoms with Crippen molar-refractivity contribution in [2.45, 2.75) is 0 Å². The number of hydrogen-bond donors (Lipinski definition) is 1. The molecule has 2 heterocycles. The SMILES string of the molecule is Cn1ccc2c(Cl)nc(C(=O)O)nc21. The maximum atomic E-state index is 10.6. The van der Waals surface area contributed by atoms with Crippen molar-refractivity contribution in [3.63, 3.8) is 0 Å². The molecule has 0 aromatic carbocycles. The van der Waals surface area contributed by atoms with E-state index in [0.717, 1.165) is 0 Å². The van der Waals surface area contributed by atoms with Crippen LogP contribution in [-0.2, 0) is 7.05 Å². The molecule has 72 valence electrons. The zero-order valence-electron chi connectivity index (χ0n) is 7.23. The Morgan fingerprint density at radius 1 is 1.57 bits per heavy atom. The van der Waals surface area contributed by atoms with Crippen molar-refractivity contribution in [2.75, 3.05) is 0 Å². The first-order chi connectivity index (χ1) is 6.59. The van der Waals surface area contributed by atoms with Gasteiger partial charge in [0, 0.05) is 13.2 Å². The van der Waals surface area contributed by atoms with Crippen LogP contribution in [0.1, 0.15) is 10.6 Å². The van der Waals surface area contributed by atoms with E-state index < -0.39 is 5.97 Å². The molecule has 0 fully saturated rings. The summed E-state index contributed by atoms with van der Waals surface area (Å²) >= 11 is 5.79. The quantitative estimate of drug-likeness (QED) is 0.723. The van der Waals surface area contributed by atoms with E-state index in [9.17, 15) is 4.79 Å². The minimum atomic E-state index is -1.19. The molecule has 0 aliphatic heterocycles. The second-order valence-corrected chi connectivity index (χ2v) is 3.17. The molecule has 5 nitrogen and oxygen atoms in total. The molecule has 2 rings (SSSR count). The lowest BCUT2D eigenvalue weighted by Gasteiger charge is -1.98. The van der Waals surface area contributed by atoms with Crippen LogP contribution in [0.15, 0.2) is 12.3 Å². The number of carbonyl (C=O) groups is 1. The highest BCUT2D eigenvalue weighted by Crippen LogP contribution is 2.20. The van der Waals surface area contributed by atoms with Gasteiger partial charge in [0.1, 0.15) is 10.8 Å². The summed E-state index contributed by atoms with van der Waals surface area (Å²) in [5.74, 6) is -1.47. The van der Waals surface area contributed by atoms with Crippen molar-refractivity contribution in [1.29, 1.82) is 0 Å². The van der Waals surface area contributed by atoms with Gasteiger partial charge in [-0.3, -0.25) is 0 Å². The maximum absolute atomic E-state index is 10.6. The molecule has 1 N–H and O–H groups in total. The Hall–Kier alpha value is -1.62. The Morgan fingerprint density at radius 2 is 2.29 bits per heavy atom. The van der Waals surface area contributed by atoms with E-state index in [4.69, 9.17) is 16.7 Å². The molecule has 0 aliphatic carbocycles. The fraction of sp³-hybridized carbons (Fsp3) is 0.125. The number of aromatic carboxylic acids is 1. The Labute approximate surface area is 84.0 Å². The van der Waals surface area contributed by atoms with Crippen molar-refractivity contribution >= 4 is 28.6 Å². The average molecular weight is 212 g/mol. The third-order valence-corrected chi connectivity index (χ3v) is 2.16. The van der Waals surface area contributed by atoms with Crippen molar-refractivity contribution < 1.29 is 9.90 Å². The Bertz CT molecular complexity index is 521. The minimum Gasteiger partial charge on any atom is -0.475 e. The van der Waals surface area contributed by atoms with Crippen molar-refractivity contribution in [3.05, 3.63) is 23.2 Å². The first-order valence-electron chi connectivity index (χ1n) is 3.81. The summed E-state index contributed by atoms with van der Waals surface area (Å²) in [4.78, 5) is 18.2. The number of carboxylic acid groups (broad SMARTS) is 1. The van der Waals surface area contributed by atoms with Crippen molar-refractivity contribution in [2.24, 2.45) is 7.05 Å². The second kappa shape index (κ2) is 2.95. The number of nitrogens with zero attached hydrogens (tertiary/aromatic N) is 3. The maximum Gasteiger partial charge on any atom is 0.374 e. The molecular formula is C8H6ClN3O2. The van der Waals surface area contributed by atoms with Crippen LogP contribution in [0.3, 0.4) is 0 Å². The highest BCUT2D eigenvalue weighted by molar-refractivity contribution is 6.34. The summed E-state index contributed by atoms with van der Waals surface area (Å²) in [6.07, 6.45) is 1.75. The fourth-order valence-electron chi connectivity index (χ4n) is 1.20. The van der Waals surface area contributed by atoms with Gasteiger partial charge in [-0.25, -0.2) is 14.8 Å². The van der Waals surface area contributed by atoms with Gasteiger partial charge in [-0.2, -0.15) is 0 Å². The predicted molar refractivity (Wildman–Crippen MR) is 50.5 cm³/mol. The fourth-order valence-corrected chi connectivity index (χ4v) is 1.42. The van der Waals surface area contributed by atoms with E-state index in [0.29, 0.717) is 11.0 Å². The molecule has 0 saturated heterocycles. The summed E-state index contributed by atoms with van der Waals surface area (Å²) in [5.41, 5.74) is 0.516. The summed E-state index contributed by atoms with van der Waals surface area (Å²) < 4.78 is 1.69. The molecule has 0 saturated carbocycles. The third kappa shape index (κ3) is 1.22. The first kappa shape index (κ1) is 8.96. The number of fused-ring (bicyclic) bond motifs is 1. The molecule has 0 spiro atoms. The molecule has 0 aliphatic rings. The molecular weight excluding hydrogens is 206 g/mol. The Kier molecular flexibility index (Phi) is 1.89. The van der Waals surface area contributed by atoms with Crippen LogP contribution in [-0.4, -0.2) is 25.6 Å². The first-order valence-corrected chi connectivity index (χ1v) is 4.19. The molecule has 2 aromatic heterocycles. The van der Waals surface area contributed by atoms with E-state index in [1.54, 1.807) is 23.9 Å². The number of carboxylic acids is 1. The molecule has 14 heavy (non-hydrogen) atoms. The number of halogens is 1. The lowest BCUT2D eigenvalue weighted by atomic mass is 10.4. The molecule has 0 bridgehead atoms. The monoisotopic (exact) mass is 211 g/mol. The summed E-state index contributed by atoms with van der Waals surface area (Å²) in [6.45, 7) is 0. The lowest BCUT2D eigenvalue weighted by molar-refractivity contribution is 0.0684. The van der Waals surface area contributed by atoms with Gasteiger partial charge in [-0.05, 0) is 6.07 Å². The van der Waals surface area contributed by atoms with Gasteiger partial charge in [-0.1, -0.05) is 11.6 Å². The molecule has 0 amide bonds. The largest absolute Gasteiger partial charge is 0.475 e. The van der Waals surface area contributed by atoms with Gasteiger partial charge in [0.15, 0.2) is 0 Å². The van der Waals surface area contributed by atoms with Crippen LogP contribution in [0.25, 0.3) is 11.0 Å². The van der Waals surface area contributed by atoms with Gasteiger partial charge in [0.25, 0.3) is 0 Å². The van der Waals surface area contributed by atoms with Crippen LogP contribution >= 0.6 is 11.6 Å². The number of hydrogen-bond acceptors (Lipinski definition) is 3. The van der Waals surface area contributed by atoms with Gasteiger partial charge in [-0.15, -0.1) is 0 Å². The van der Waals surface area contributed by atoms with Crippen molar-refractivity contribution in [3.8, 4) is 0 Å².